The Kier molecular flexibility index (Phi) is 5.16. The number of aliphatic carboxylic acids is 1. The molecule has 1 heterocycles. The predicted octanol–water partition coefficient (Wildman–Crippen LogP) is 3.50. The van der Waals surface area contributed by atoms with Gasteiger partial charge in [0.15, 0.2) is 0 Å². The lowest BCUT2D eigenvalue weighted by Crippen LogP contribution is -2.15. The number of aromatic amines is 1. The van der Waals surface area contributed by atoms with Gasteiger partial charge in [0.2, 0.25) is 0 Å². The van der Waals surface area contributed by atoms with E-state index in [4.69, 9.17) is 16.2 Å². The van der Waals surface area contributed by atoms with E-state index < -0.39 is 5.97 Å². The summed E-state index contributed by atoms with van der Waals surface area (Å²) in [5.74, 6) is 1.33. The summed E-state index contributed by atoms with van der Waals surface area (Å²) >= 11 is 0. The Balaban J connectivity index is 1.60. The van der Waals surface area contributed by atoms with Crippen LogP contribution in [-0.2, 0) is 4.79 Å². The summed E-state index contributed by atoms with van der Waals surface area (Å²) in [6.45, 7) is 0. The maximum absolute atomic E-state index is 10.7. The molecule has 0 aliphatic heterocycles. The number of imidazole rings is 1. The fourth-order valence-electron chi connectivity index (χ4n) is 3.57. The molecule has 1 aromatic carbocycles. The van der Waals surface area contributed by atoms with Crippen LogP contribution in [0.5, 0.6) is 0 Å². The maximum Gasteiger partial charge on any atom is 0.303 e. The molecule has 25 heavy (non-hydrogen) atoms. The standard InChI is InChI=1S/C19H24N4O2/c20-18(21)14-8-6-13(7-9-14)16-11-22-19(23-16)15-4-1-12(2-5-15)3-10-17(24)25/h6-9,11-12,15H,1-5,10H2,(H3,20,21)(H,22,23)(H,24,25). The van der Waals surface area contributed by atoms with Crippen molar-refractivity contribution in [3.8, 4) is 11.3 Å². The lowest BCUT2D eigenvalue weighted by Gasteiger charge is -2.27. The first-order valence-electron chi connectivity index (χ1n) is 8.74. The number of H-pyrrole nitrogens is 1. The van der Waals surface area contributed by atoms with Crippen molar-refractivity contribution in [2.45, 2.75) is 44.4 Å². The van der Waals surface area contributed by atoms with Crippen molar-refractivity contribution in [1.29, 1.82) is 5.41 Å². The number of carbonyl (C=O) groups is 1. The van der Waals surface area contributed by atoms with Gasteiger partial charge in [-0.25, -0.2) is 4.98 Å². The second-order valence-corrected chi connectivity index (χ2v) is 6.82. The van der Waals surface area contributed by atoms with Gasteiger partial charge in [-0.3, -0.25) is 10.2 Å². The van der Waals surface area contributed by atoms with E-state index >= 15 is 0 Å². The third-order valence-electron chi connectivity index (χ3n) is 5.10. The normalized spacial score (nSPS) is 20.3. The molecule has 1 fully saturated rings. The van der Waals surface area contributed by atoms with Gasteiger partial charge in [-0.15, -0.1) is 0 Å². The molecule has 0 saturated heterocycles. The van der Waals surface area contributed by atoms with Gasteiger partial charge in [0.1, 0.15) is 11.7 Å². The fourth-order valence-corrected chi connectivity index (χ4v) is 3.57. The van der Waals surface area contributed by atoms with Crippen LogP contribution in [0, 0.1) is 11.3 Å². The largest absolute Gasteiger partial charge is 0.481 e. The molecule has 1 saturated carbocycles. The minimum Gasteiger partial charge on any atom is -0.481 e. The highest BCUT2D eigenvalue weighted by Crippen LogP contribution is 2.37. The molecule has 5 N–H and O–H groups in total. The highest BCUT2D eigenvalue weighted by molar-refractivity contribution is 5.95. The van der Waals surface area contributed by atoms with Gasteiger partial charge >= 0.3 is 5.97 Å². The summed E-state index contributed by atoms with van der Waals surface area (Å²) in [5.41, 5.74) is 8.19. The topological polar surface area (TPSA) is 116 Å². The Morgan fingerprint density at radius 1 is 1.24 bits per heavy atom. The number of rotatable bonds is 6. The van der Waals surface area contributed by atoms with E-state index in [0.29, 0.717) is 17.4 Å². The smallest absolute Gasteiger partial charge is 0.303 e. The van der Waals surface area contributed by atoms with Crippen molar-refractivity contribution >= 4 is 11.8 Å². The molecule has 0 amide bonds. The molecule has 1 aromatic heterocycles. The molecular formula is C19H24N4O2. The van der Waals surface area contributed by atoms with E-state index in [9.17, 15) is 4.79 Å². The number of nitrogen functional groups attached to an aromatic ring is 1. The van der Waals surface area contributed by atoms with Crippen molar-refractivity contribution in [3.63, 3.8) is 0 Å². The monoisotopic (exact) mass is 340 g/mol. The highest BCUT2D eigenvalue weighted by atomic mass is 16.4. The quantitative estimate of drug-likeness (QED) is 0.475. The number of benzene rings is 1. The summed E-state index contributed by atoms with van der Waals surface area (Å²) in [6, 6.07) is 7.56. The summed E-state index contributed by atoms with van der Waals surface area (Å²) in [7, 11) is 0. The third kappa shape index (κ3) is 4.26. The molecular weight excluding hydrogens is 316 g/mol. The molecule has 0 radical (unpaired) electrons. The number of amidine groups is 1. The molecule has 2 aromatic rings. The molecule has 1 aliphatic rings. The Labute approximate surface area is 147 Å². The molecule has 0 unspecified atom stereocenters. The zero-order valence-corrected chi connectivity index (χ0v) is 14.2. The van der Waals surface area contributed by atoms with Crippen LogP contribution in [0.3, 0.4) is 0 Å². The summed E-state index contributed by atoms with van der Waals surface area (Å²) < 4.78 is 0. The maximum atomic E-state index is 10.7. The third-order valence-corrected chi connectivity index (χ3v) is 5.10. The second-order valence-electron chi connectivity index (χ2n) is 6.82. The second kappa shape index (κ2) is 7.51. The first-order valence-corrected chi connectivity index (χ1v) is 8.74. The van der Waals surface area contributed by atoms with E-state index in [2.05, 4.69) is 9.97 Å². The van der Waals surface area contributed by atoms with E-state index in [1.165, 1.54) is 0 Å². The van der Waals surface area contributed by atoms with E-state index in [-0.39, 0.29) is 12.3 Å². The Hall–Kier alpha value is -2.63. The van der Waals surface area contributed by atoms with E-state index in [1.54, 1.807) is 0 Å². The first-order chi connectivity index (χ1) is 12.0. The van der Waals surface area contributed by atoms with Crippen LogP contribution in [0.1, 0.15) is 55.8 Å². The molecule has 3 rings (SSSR count). The summed E-state index contributed by atoms with van der Waals surface area (Å²) in [4.78, 5) is 18.7. The van der Waals surface area contributed by atoms with Crippen molar-refractivity contribution in [2.24, 2.45) is 11.7 Å². The molecule has 0 spiro atoms. The molecule has 1 aliphatic carbocycles. The van der Waals surface area contributed by atoms with Crippen LogP contribution in [0.25, 0.3) is 11.3 Å². The number of hydrogen-bond acceptors (Lipinski definition) is 3. The number of aromatic nitrogens is 2. The fraction of sp³-hybridized carbons (Fsp3) is 0.421. The first kappa shape index (κ1) is 17.2. The molecule has 6 nitrogen and oxygen atoms in total. The van der Waals surface area contributed by atoms with Gasteiger partial charge in [0, 0.05) is 17.9 Å². The van der Waals surface area contributed by atoms with Crippen LogP contribution in [-0.4, -0.2) is 26.9 Å². The summed E-state index contributed by atoms with van der Waals surface area (Å²) in [5, 5.41) is 16.2. The Morgan fingerprint density at radius 3 is 2.52 bits per heavy atom. The van der Waals surface area contributed by atoms with Crippen LogP contribution >= 0.6 is 0 Å². The zero-order chi connectivity index (χ0) is 17.8. The van der Waals surface area contributed by atoms with Crippen LogP contribution in [0.2, 0.25) is 0 Å². The van der Waals surface area contributed by atoms with E-state index in [0.717, 1.165) is 49.2 Å². The van der Waals surface area contributed by atoms with Gasteiger partial charge in [-0.2, -0.15) is 0 Å². The number of nitrogens with one attached hydrogen (secondary N) is 2. The minimum atomic E-state index is -0.700. The predicted molar refractivity (Wildman–Crippen MR) is 96.6 cm³/mol. The van der Waals surface area contributed by atoms with Gasteiger partial charge in [-0.1, -0.05) is 24.3 Å². The Bertz CT molecular complexity index is 743. The minimum absolute atomic E-state index is 0.0662. The van der Waals surface area contributed by atoms with Crippen molar-refractivity contribution < 1.29 is 9.90 Å². The lowest BCUT2D eigenvalue weighted by molar-refractivity contribution is -0.137. The van der Waals surface area contributed by atoms with Gasteiger partial charge in [0.05, 0.1) is 11.9 Å². The van der Waals surface area contributed by atoms with Crippen molar-refractivity contribution in [3.05, 3.63) is 41.9 Å². The number of carboxylic acid groups (broad SMARTS) is 1. The van der Waals surface area contributed by atoms with Crippen molar-refractivity contribution in [2.75, 3.05) is 0 Å². The molecule has 6 heteroatoms. The van der Waals surface area contributed by atoms with Crippen molar-refractivity contribution in [1.82, 2.24) is 9.97 Å². The van der Waals surface area contributed by atoms with Crippen LogP contribution in [0.4, 0.5) is 0 Å². The average Bonchev–Trinajstić information content (AvgIpc) is 3.10. The Morgan fingerprint density at radius 2 is 1.92 bits per heavy atom. The number of nitrogens with zero attached hydrogens (tertiary/aromatic N) is 1. The highest BCUT2D eigenvalue weighted by Gasteiger charge is 2.24. The number of nitrogens with two attached hydrogens (primary N) is 1. The van der Waals surface area contributed by atoms with Gasteiger partial charge < -0.3 is 15.8 Å². The van der Waals surface area contributed by atoms with Crippen LogP contribution in [0.15, 0.2) is 30.5 Å². The lowest BCUT2D eigenvalue weighted by atomic mass is 9.80. The number of carboxylic acids is 1. The average molecular weight is 340 g/mol. The van der Waals surface area contributed by atoms with E-state index in [1.807, 2.05) is 30.5 Å². The zero-order valence-electron chi connectivity index (χ0n) is 14.2. The SMILES string of the molecule is N=C(N)c1ccc(-c2cnc(C3CCC(CCC(=O)O)CC3)[nH]2)cc1. The molecule has 132 valence electrons. The van der Waals surface area contributed by atoms with Crippen LogP contribution < -0.4 is 5.73 Å². The number of hydrogen-bond donors (Lipinski definition) is 4. The van der Waals surface area contributed by atoms with Gasteiger partial charge in [-0.05, 0) is 43.6 Å². The molecule has 0 bridgehead atoms. The molecule has 0 atom stereocenters. The van der Waals surface area contributed by atoms with Gasteiger partial charge in [0.25, 0.3) is 0 Å². The summed E-state index contributed by atoms with van der Waals surface area (Å²) in [6.07, 6.45) is 7.17.